The number of hydrogen-bond donors (Lipinski definition) is 1. The fourth-order valence-electron chi connectivity index (χ4n) is 1.74. The van der Waals surface area contributed by atoms with E-state index in [4.69, 9.17) is 0 Å². The Kier molecular flexibility index (Phi) is 13.3. The van der Waals surface area contributed by atoms with Gasteiger partial charge in [-0.1, -0.05) is 58.3 Å². The maximum absolute atomic E-state index is 3.43. The third-order valence-corrected chi connectivity index (χ3v) is 3.21. The summed E-state index contributed by atoms with van der Waals surface area (Å²) in [5.74, 6) is 0. The van der Waals surface area contributed by atoms with Gasteiger partial charge in [-0.05, 0) is 19.1 Å². The Morgan fingerprint density at radius 2 is 1.29 bits per heavy atom. The first kappa shape index (κ1) is 14.2. The van der Waals surface area contributed by atoms with Crippen molar-refractivity contribution in [1.82, 2.24) is 5.32 Å². The zero-order valence-electron chi connectivity index (χ0n) is 10.3. The highest BCUT2D eigenvalue weighted by molar-refractivity contribution is 6.08. The SMILES string of the molecule is CCCCCCCCCCCNC[SiH3]. The molecule has 0 bridgehead atoms. The van der Waals surface area contributed by atoms with E-state index < -0.39 is 0 Å². The van der Waals surface area contributed by atoms with Crippen molar-refractivity contribution in [2.45, 2.75) is 64.7 Å². The second-order valence-corrected chi connectivity index (χ2v) is 4.89. The molecular formula is C12H29NSi. The zero-order valence-corrected chi connectivity index (χ0v) is 12.3. The van der Waals surface area contributed by atoms with E-state index in [0.29, 0.717) is 0 Å². The Hall–Kier alpha value is 0.177. The van der Waals surface area contributed by atoms with E-state index in [1.807, 2.05) is 0 Å². The van der Waals surface area contributed by atoms with E-state index in [1.165, 1.54) is 80.7 Å². The fourth-order valence-corrected chi connectivity index (χ4v) is 2.09. The van der Waals surface area contributed by atoms with Gasteiger partial charge in [-0.3, -0.25) is 0 Å². The highest BCUT2D eigenvalue weighted by atomic mass is 28.1. The lowest BCUT2D eigenvalue weighted by Gasteiger charge is -2.02. The summed E-state index contributed by atoms with van der Waals surface area (Å²) in [4.78, 5) is 0. The van der Waals surface area contributed by atoms with E-state index in [-0.39, 0.29) is 0 Å². The topological polar surface area (TPSA) is 12.0 Å². The van der Waals surface area contributed by atoms with Crippen LogP contribution in [0.2, 0.25) is 0 Å². The number of nitrogens with one attached hydrogen (secondary N) is 1. The third kappa shape index (κ3) is 12.2. The van der Waals surface area contributed by atoms with Crippen LogP contribution >= 0.6 is 0 Å². The van der Waals surface area contributed by atoms with Gasteiger partial charge in [-0.2, -0.15) is 0 Å². The van der Waals surface area contributed by atoms with Gasteiger partial charge < -0.3 is 5.32 Å². The van der Waals surface area contributed by atoms with Crippen LogP contribution < -0.4 is 5.32 Å². The van der Waals surface area contributed by atoms with Crippen LogP contribution in [0.3, 0.4) is 0 Å². The summed E-state index contributed by atoms with van der Waals surface area (Å²) in [6.45, 7) is 3.53. The molecule has 0 saturated heterocycles. The minimum atomic E-state index is 1.25. The number of unbranched alkanes of at least 4 members (excludes halogenated alkanes) is 8. The van der Waals surface area contributed by atoms with E-state index in [1.54, 1.807) is 0 Å². The largest absolute Gasteiger partial charge is 0.320 e. The van der Waals surface area contributed by atoms with Crippen molar-refractivity contribution >= 4 is 10.2 Å². The Morgan fingerprint density at radius 1 is 0.786 bits per heavy atom. The van der Waals surface area contributed by atoms with Crippen LogP contribution in [0.5, 0.6) is 0 Å². The van der Waals surface area contributed by atoms with Gasteiger partial charge in [0.25, 0.3) is 0 Å². The Bertz CT molecular complexity index is 84.3. The summed E-state index contributed by atoms with van der Waals surface area (Å²) in [7, 11) is 1.30. The summed E-state index contributed by atoms with van der Waals surface area (Å²) in [6.07, 6.45) is 14.2. The second-order valence-electron chi connectivity index (χ2n) is 4.18. The standard InChI is InChI=1S/C12H29NSi/c1-2-3-4-5-6-7-8-9-10-11-13-12-14/h13H,2-12H2,1,14H3. The molecule has 0 unspecified atom stereocenters. The molecule has 0 aliphatic rings. The third-order valence-electron chi connectivity index (χ3n) is 2.71. The number of rotatable bonds is 11. The van der Waals surface area contributed by atoms with Crippen LogP contribution in [-0.4, -0.2) is 23.0 Å². The van der Waals surface area contributed by atoms with Gasteiger partial charge in [0.05, 0.1) is 0 Å². The molecule has 0 aromatic heterocycles. The second kappa shape index (κ2) is 13.2. The molecule has 86 valence electrons. The summed E-state index contributed by atoms with van der Waals surface area (Å²) in [5.41, 5.74) is 0. The summed E-state index contributed by atoms with van der Waals surface area (Å²) >= 11 is 0. The first-order chi connectivity index (χ1) is 6.91. The molecule has 1 nitrogen and oxygen atoms in total. The predicted molar refractivity (Wildman–Crippen MR) is 70.0 cm³/mol. The molecule has 0 aliphatic carbocycles. The van der Waals surface area contributed by atoms with E-state index >= 15 is 0 Å². The van der Waals surface area contributed by atoms with Crippen LogP contribution in [0.15, 0.2) is 0 Å². The molecule has 2 heteroatoms. The molecule has 0 atom stereocenters. The van der Waals surface area contributed by atoms with Gasteiger partial charge in [-0.15, -0.1) is 0 Å². The van der Waals surface area contributed by atoms with E-state index in [2.05, 4.69) is 12.2 Å². The maximum Gasteiger partial charge on any atom is 0.0201 e. The van der Waals surface area contributed by atoms with Gasteiger partial charge in [0, 0.05) is 10.2 Å². The molecule has 0 spiro atoms. The van der Waals surface area contributed by atoms with Crippen LogP contribution in [0.25, 0.3) is 0 Å². The molecule has 14 heavy (non-hydrogen) atoms. The minimum Gasteiger partial charge on any atom is -0.320 e. The fraction of sp³-hybridized carbons (Fsp3) is 1.00. The van der Waals surface area contributed by atoms with Gasteiger partial charge in [0.2, 0.25) is 0 Å². The van der Waals surface area contributed by atoms with E-state index in [9.17, 15) is 0 Å². The van der Waals surface area contributed by atoms with Crippen molar-refractivity contribution in [3.05, 3.63) is 0 Å². The highest BCUT2D eigenvalue weighted by Gasteiger charge is 1.91. The van der Waals surface area contributed by atoms with Gasteiger partial charge >= 0.3 is 0 Å². The van der Waals surface area contributed by atoms with Crippen molar-refractivity contribution in [1.29, 1.82) is 0 Å². The monoisotopic (exact) mass is 215 g/mol. The zero-order chi connectivity index (χ0) is 10.5. The minimum absolute atomic E-state index is 1.25. The molecule has 0 amide bonds. The molecule has 0 aliphatic heterocycles. The van der Waals surface area contributed by atoms with Crippen molar-refractivity contribution in [3.63, 3.8) is 0 Å². The first-order valence-electron chi connectivity index (χ1n) is 6.62. The van der Waals surface area contributed by atoms with Crippen molar-refractivity contribution in [2.24, 2.45) is 0 Å². The van der Waals surface area contributed by atoms with Crippen LogP contribution in [0.4, 0.5) is 0 Å². The Labute approximate surface area is 93.5 Å². The molecule has 0 rings (SSSR count). The summed E-state index contributed by atoms with van der Waals surface area (Å²) in [5, 5.41) is 3.43. The normalized spacial score (nSPS) is 10.9. The van der Waals surface area contributed by atoms with E-state index in [0.717, 1.165) is 0 Å². The highest BCUT2D eigenvalue weighted by Crippen LogP contribution is 2.08. The molecule has 0 fully saturated rings. The van der Waals surface area contributed by atoms with Crippen LogP contribution in [0.1, 0.15) is 64.7 Å². The molecular weight excluding hydrogens is 186 g/mol. The molecule has 0 aromatic carbocycles. The maximum atomic E-state index is 3.43. The Morgan fingerprint density at radius 3 is 1.79 bits per heavy atom. The molecule has 1 N–H and O–H groups in total. The smallest absolute Gasteiger partial charge is 0.0201 e. The van der Waals surface area contributed by atoms with Crippen molar-refractivity contribution in [2.75, 3.05) is 12.7 Å². The van der Waals surface area contributed by atoms with Gasteiger partial charge in [-0.25, -0.2) is 0 Å². The predicted octanol–water partition coefficient (Wildman–Crippen LogP) is 2.43. The lowest BCUT2D eigenvalue weighted by atomic mass is 10.1. The van der Waals surface area contributed by atoms with Gasteiger partial charge in [0.15, 0.2) is 0 Å². The Balaban J connectivity index is 2.78. The molecule has 0 saturated carbocycles. The molecule has 0 radical (unpaired) electrons. The lowest BCUT2D eigenvalue weighted by Crippen LogP contribution is -2.16. The quantitative estimate of drug-likeness (QED) is 0.412. The molecule has 0 aromatic rings. The average Bonchev–Trinajstić information content (AvgIpc) is 2.21. The lowest BCUT2D eigenvalue weighted by molar-refractivity contribution is 0.557. The van der Waals surface area contributed by atoms with Crippen molar-refractivity contribution < 1.29 is 0 Å². The van der Waals surface area contributed by atoms with Gasteiger partial charge in [0.1, 0.15) is 0 Å². The van der Waals surface area contributed by atoms with Crippen LogP contribution in [-0.2, 0) is 0 Å². The van der Waals surface area contributed by atoms with Crippen LogP contribution in [0, 0.1) is 0 Å². The first-order valence-corrected chi connectivity index (χ1v) is 8.04. The summed E-state index contributed by atoms with van der Waals surface area (Å²) in [6, 6.07) is 0. The number of hydrogen-bond acceptors (Lipinski definition) is 1. The molecule has 0 heterocycles. The summed E-state index contributed by atoms with van der Waals surface area (Å²) < 4.78 is 0. The van der Waals surface area contributed by atoms with Crippen molar-refractivity contribution in [3.8, 4) is 0 Å². The average molecular weight is 215 g/mol.